The van der Waals surface area contributed by atoms with E-state index in [4.69, 9.17) is 5.73 Å². The van der Waals surface area contributed by atoms with Crippen molar-refractivity contribution < 1.29 is 0 Å². The van der Waals surface area contributed by atoms with Crippen LogP contribution in [0.5, 0.6) is 0 Å². The van der Waals surface area contributed by atoms with Crippen molar-refractivity contribution in [1.29, 1.82) is 0 Å². The molecule has 0 radical (unpaired) electrons. The summed E-state index contributed by atoms with van der Waals surface area (Å²) in [5.74, 6) is 0.825. The molecule has 1 aromatic carbocycles. The Labute approximate surface area is 89.4 Å². The van der Waals surface area contributed by atoms with Gasteiger partial charge in [0, 0.05) is 0 Å². The fraction of sp³-hybridized carbons (Fsp3) is 0.250. The lowest BCUT2D eigenvalue weighted by molar-refractivity contribution is 0.756. The Morgan fingerprint density at radius 3 is 2.47 bits per heavy atom. The Bertz CT molecular complexity index is 440. The molecular weight excluding hydrogens is 186 g/mol. The Balaban J connectivity index is 2.33. The number of nitrogens with zero attached hydrogens (tertiary/aromatic N) is 1. The van der Waals surface area contributed by atoms with Gasteiger partial charge in [-0.05, 0) is 19.4 Å². The van der Waals surface area contributed by atoms with E-state index in [9.17, 15) is 0 Å². The normalized spacial score (nSPS) is 12.7. The molecule has 0 bridgehead atoms. The first kappa shape index (κ1) is 9.93. The Kier molecular flexibility index (Phi) is 2.56. The summed E-state index contributed by atoms with van der Waals surface area (Å²) in [7, 11) is 0. The first-order valence-electron chi connectivity index (χ1n) is 5.04. The molecule has 3 nitrogen and oxygen atoms in total. The maximum absolute atomic E-state index is 5.74. The summed E-state index contributed by atoms with van der Waals surface area (Å²) in [4.78, 5) is 7.45. The molecule has 3 N–H and O–H groups in total. The van der Waals surface area contributed by atoms with E-state index in [1.54, 1.807) is 0 Å². The van der Waals surface area contributed by atoms with Crippen molar-refractivity contribution >= 4 is 0 Å². The highest BCUT2D eigenvalue weighted by molar-refractivity contribution is 5.58. The number of hydrogen-bond acceptors (Lipinski definition) is 2. The topological polar surface area (TPSA) is 54.7 Å². The molecule has 0 saturated heterocycles. The molecule has 2 aromatic rings. The van der Waals surface area contributed by atoms with Crippen molar-refractivity contribution in [2.24, 2.45) is 5.73 Å². The summed E-state index contributed by atoms with van der Waals surface area (Å²) in [6.45, 7) is 3.99. The number of benzene rings is 1. The highest BCUT2D eigenvalue weighted by Crippen LogP contribution is 2.18. The minimum absolute atomic E-state index is 0.0517. The first-order valence-corrected chi connectivity index (χ1v) is 5.04. The van der Waals surface area contributed by atoms with Crippen LogP contribution in [0.4, 0.5) is 0 Å². The summed E-state index contributed by atoms with van der Waals surface area (Å²) in [6.07, 6.45) is 1.82. The lowest BCUT2D eigenvalue weighted by Gasteiger charge is -2.00. The number of aromatic amines is 1. The van der Waals surface area contributed by atoms with Crippen LogP contribution in [0.2, 0.25) is 0 Å². The molecule has 1 atom stereocenters. The summed E-state index contributed by atoms with van der Waals surface area (Å²) >= 11 is 0. The third kappa shape index (κ3) is 2.07. The average molecular weight is 201 g/mol. The predicted octanol–water partition coefficient (Wildman–Crippen LogP) is 2.40. The number of hydrogen-bond donors (Lipinski definition) is 2. The van der Waals surface area contributed by atoms with Crippen LogP contribution in [-0.4, -0.2) is 9.97 Å². The van der Waals surface area contributed by atoms with E-state index >= 15 is 0 Å². The van der Waals surface area contributed by atoms with Crippen molar-refractivity contribution in [3.8, 4) is 11.3 Å². The van der Waals surface area contributed by atoms with Gasteiger partial charge in [0.15, 0.2) is 0 Å². The summed E-state index contributed by atoms with van der Waals surface area (Å²) < 4.78 is 0. The highest BCUT2D eigenvalue weighted by Gasteiger charge is 2.05. The van der Waals surface area contributed by atoms with Crippen LogP contribution in [0, 0.1) is 6.92 Å². The Morgan fingerprint density at radius 2 is 1.93 bits per heavy atom. The van der Waals surface area contributed by atoms with Gasteiger partial charge in [0.25, 0.3) is 0 Å². The van der Waals surface area contributed by atoms with Crippen molar-refractivity contribution in [3.05, 3.63) is 41.9 Å². The monoisotopic (exact) mass is 201 g/mol. The maximum Gasteiger partial charge on any atom is 0.123 e. The number of H-pyrrole nitrogens is 1. The second kappa shape index (κ2) is 3.87. The Hall–Kier alpha value is -1.61. The van der Waals surface area contributed by atoms with Crippen LogP contribution in [0.25, 0.3) is 11.3 Å². The van der Waals surface area contributed by atoms with Crippen LogP contribution in [0.1, 0.15) is 24.4 Å². The SMILES string of the molecule is Cc1ccc(-c2cnc([C@H](C)N)[nH]2)cc1. The van der Waals surface area contributed by atoms with E-state index < -0.39 is 0 Å². The fourth-order valence-electron chi connectivity index (χ4n) is 1.45. The quantitative estimate of drug-likeness (QED) is 0.784. The molecular formula is C12H15N3. The molecule has 0 saturated carbocycles. The summed E-state index contributed by atoms with van der Waals surface area (Å²) in [5, 5.41) is 0. The molecule has 0 aliphatic rings. The largest absolute Gasteiger partial charge is 0.341 e. The van der Waals surface area contributed by atoms with Gasteiger partial charge < -0.3 is 10.7 Å². The van der Waals surface area contributed by atoms with Crippen molar-refractivity contribution in [3.63, 3.8) is 0 Å². The van der Waals surface area contributed by atoms with Crippen LogP contribution >= 0.6 is 0 Å². The average Bonchev–Trinajstić information content (AvgIpc) is 2.68. The third-order valence-corrected chi connectivity index (χ3v) is 2.39. The van der Waals surface area contributed by atoms with E-state index in [1.807, 2.05) is 13.1 Å². The van der Waals surface area contributed by atoms with Gasteiger partial charge in [0.2, 0.25) is 0 Å². The van der Waals surface area contributed by atoms with Gasteiger partial charge >= 0.3 is 0 Å². The van der Waals surface area contributed by atoms with Crippen molar-refractivity contribution in [2.75, 3.05) is 0 Å². The number of rotatable bonds is 2. The molecule has 2 rings (SSSR count). The van der Waals surface area contributed by atoms with Crippen LogP contribution < -0.4 is 5.73 Å². The molecule has 1 heterocycles. The van der Waals surface area contributed by atoms with Crippen LogP contribution in [0.15, 0.2) is 30.5 Å². The number of nitrogens with one attached hydrogen (secondary N) is 1. The van der Waals surface area contributed by atoms with Gasteiger partial charge in [-0.25, -0.2) is 4.98 Å². The van der Waals surface area contributed by atoms with Crippen molar-refractivity contribution in [2.45, 2.75) is 19.9 Å². The van der Waals surface area contributed by atoms with Gasteiger partial charge in [0.1, 0.15) is 5.82 Å². The van der Waals surface area contributed by atoms with Crippen molar-refractivity contribution in [1.82, 2.24) is 9.97 Å². The van der Waals surface area contributed by atoms with E-state index in [2.05, 4.69) is 41.2 Å². The molecule has 0 aliphatic carbocycles. The Morgan fingerprint density at radius 1 is 1.27 bits per heavy atom. The van der Waals surface area contributed by atoms with E-state index in [-0.39, 0.29) is 6.04 Å². The van der Waals surface area contributed by atoms with E-state index in [0.717, 1.165) is 17.1 Å². The lowest BCUT2D eigenvalue weighted by Crippen LogP contribution is -2.06. The van der Waals surface area contributed by atoms with Crippen LogP contribution in [-0.2, 0) is 0 Å². The lowest BCUT2D eigenvalue weighted by atomic mass is 10.1. The highest BCUT2D eigenvalue weighted by atomic mass is 14.9. The summed E-state index contributed by atoms with van der Waals surface area (Å²) in [6, 6.07) is 8.27. The summed E-state index contributed by atoms with van der Waals surface area (Å²) in [5.41, 5.74) is 9.15. The molecule has 3 heteroatoms. The van der Waals surface area contributed by atoms with E-state index in [0.29, 0.717) is 0 Å². The molecule has 0 unspecified atom stereocenters. The third-order valence-electron chi connectivity index (χ3n) is 2.39. The standard InChI is InChI=1S/C12H15N3/c1-8-3-5-10(6-4-8)11-7-14-12(15-11)9(2)13/h3-7,9H,13H2,1-2H3,(H,14,15)/t9-/m0/s1. The number of aryl methyl sites for hydroxylation is 1. The zero-order chi connectivity index (χ0) is 10.8. The first-order chi connectivity index (χ1) is 7.16. The second-order valence-electron chi connectivity index (χ2n) is 3.84. The molecule has 0 fully saturated rings. The van der Waals surface area contributed by atoms with Gasteiger partial charge in [-0.15, -0.1) is 0 Å². The molecule has 78 valence electrons. The molecule has 0 aliphatic heterocycles. The number of nitrogens with two attached hydrogens (primary N) is 1. The number of aromatic nitrogens is 2. The maximum atomic E-state index is 5.74. The second-order valence-corrected chi connectivity index (χ2v) is 3.84. The van der Waals surface area contributed by atoms with Crippen LogP contribution in [0.3, 0.4) is 0 Å². The number of imidazole rings is 1. The van der Waals surface area contributed by atoms with Gasteiger partial charge in [-0.1, -0.05) is 29.8 Å². The zero-order valence-corrected chi connectivity index (χ0v) is 8.99. The molecule has 1 aromatic heterocycles. The van der Waals surface area contributed by atoms with Gasteiger partial charge in [-0.3, -0.25) is 0 Å². The molecule has 0 amide bonds. The smallest absolute Gasteiger partial charge is 0.123 e. The zero-order valence-electron chi connectivity index (χ0n) is 8.99. The minimum Gasteiger partial charge on any atom is -0.341 e. The van der Waals surface area contributed by atoms with E-state index in [1.165, 1.54) is 5.56 Å². The fourth-order valence-corrected chi connectivity index (χ4v) is 1.45. The predicted molar refractivity (Wildman–Crippen MR) is 61.4 cm³/mol. The molecule has 0 spiro atoms. The molecule has 15 heavy (non-hydrogen) atoms. The van der Waals surface area contributed by atoms with Gasteiger partial charge in [-0.2, -0.15) is 0 Å². The van der Waals surface area contributed by atoms with Gasteiger partial charge in [0.05, 0.1) is 17.9 Å². The minimum atomic E-state index is -0.0517.